The summed E-state index contributed by atoms with van der Waals surface area (Å²) in [5.74, 6) is 0.945. The molecule has 2 aromatic rings. The number of rotatable bonds is 6. The van der Waals surface area contributed by atoms with Crippen LogP contribution in [-0.4, -0.2) is 40.6 Å². The number of imidazole rings is 1. The summed E-state index contributed by atoms with van der Waals surface area (Å²) in [5, 5.41) is 3.48. The van der Waals surface area contributed by atoms with E-state index >= 15 is 0 Å². The van der Waals surface area contributed by atoms with Crippen molar-refractivity contribution < 1.29 is 0 Å². The fourth-order valence-electron chi connectivity index (χ4n) is 2.92. The first-order valence-electron chi connectivity index (χ1n) is 7.90. The van der Waals surface area contributed by atoms with Crippen molar-refractivity contribution in [1.29, 1.82) is 0 Å². The molecule has 0 amide bonds. The van der Waals surface area contributed by atoms with Crippen molar-refractivity contribution >= 4 is 5.95 Å². The second kappa shape index (κ2) is 6.76. The van der Waals surface area contributed by atoms with E-state index in [0.717, 1.165) is 23.9 Å². The van der Waals surface area contributed by atoms with Gasteiger partial charge in [0.1, 0.15) is 0 Å². The van der Waals surface area contributed by atoms with Crippen LogP contribution >= 0.6 is 0 Å². The molecule has 1 aliphatic rings. The summed E-state index contributed by atoms with van der Waals surface area (Å²) in [4.78, 5) is 7.15. The van der Waals surface area contributed by atoms with Gasteiger partial charge < -0.3 is 10.2 Å². The lowest BCUT2D eigenvalue weighted by molar-refractivity contribution is 0.337. The zero-order valence-electron chi connectivity index (χ0n) is 12.8. The van der Waals surface area contributed by atoms with Crippen LogP contribution < -0.4 is 5.32 Å². The Kier molecular flexibility index (Phi) is 4.55. The van der Waals surface area contributed by atoms with Crippen LogP contribution in [0.25, 0.3) is 5.69 Å². The third-order valence-corrected chi connectivity index (χ3v) is 3.99. The Bertz CT molecular complexity index is 555. The SMILES string of the molecule is Cc1cn(-c2ccccc2)c(NCCCN2CCCC2)n1. The minimum absolute atomic E-state index is 0.945. The van der Waals surface area contributed by atoms with Crippen LogP contribution in [0.15, 0.2) is 36.5 Å². The van der Waals surface area contributed by atoms with Gasteiger partial charge in [-0.2, -0.15) is 0 Å². The van der Waals surface area contributed by atoms with Crippen molar-refractivity contribution in [2.75, 3.05) is 31.5 Å². The Morgan fingerprint density at radius 1 is 1.14 bits per heavy atom. The minimum atomic E-state index is 0.945. The van der Waals surface area contributed by atoms with E-state index in [2.05, 4.69) is 50.2 Å². The summed E-state index contributed by atoms with van der Waals surface area (Å²) in [6.45, 7) is 6.75. The Labute approximate surface area is 126 Å². The minimum Gasteiger partial charge on any atom is -0.355 e. The molecule has 0 atom stereocenters. The summed E-state index contributed by atoms with van der Waals surface area (Å²) in [7, 11) is 0. The molecule has 1 saturated heterocycles. The lowest BCUT2D eigenvalue weighted by Crippen LogP contribution is -2.22. The normalized spacial score (nSPS) is 15.5. The molecule has 0 spiro atoms. The maximum atomic E-state index is 4.59. The Balaban J connectivity index is 1.57. The Morgan fingerprint density at radius 2 is 1.90 bits per heavy atom. The van der Waals surface area contributed by atoms with E-state index in [1.807, 2.05) is 13.0 Å². The summed E-state index contributed by atoms with van der Waals surface area (Å²) in [5.41, 5.74) is 2.20. The van der Waals surface area contributed by atoms with Gasteiger partial charge in [-0.25, -0.2) is 4.98 Å². The van der Waals surface area contributed by atoms with Crippen molar-refractivity contribution in [2.45, 2.75) is 26.2 Å². The molecule has 1 aromatic heterocycles. The van der Waals surface area contributed by atoms with Gasteiger partial charge in [0.25, 0.3) is 0 Å². The molecule has 3 rings (SSSR count). The third-order valence-electron chi connectivity index (χ3n) is 3.99. The highest BCUT2D eigenvalue weighted by Crippen LogP contribution is 2.16. The maximum absolute atomic E-state index is 4.59. The van der Waals surface area contributed by atoms with Crippen LogP contribution in [0.3, 0.4) is 0 Å². The standard InChI is InChI=1S/C17H24N4/c1-15-14-21(16-8-3-2-4-9-16)17(19-15)18-10-7-13-20-11-5-6-12-20/h2-4,8-9,14H,5-7,10-13H2,1H3,(H,18,19). The van der Waals surface area contributed by atoms with Crippen molar-refractivity contribution in [1.82, 2.24) is 14.5 Å². The molecule has 21 heavy (non-hydrogen) atoms. The van der Waals surface area contributed by atoms with Gasteiger partial charge in [-0.15, -0.1) is 0 Å². The van der Waals surface area contributed by atoms with E-state index in [1.165, 1.54) is 38.9 Å². The van der Waals surface area contributed by atoms with Crippen molar-refractivity contribution in [3.8, 4) is 5.69 Å². The number of nitrogens with one attached hydrogen (secondary N) is 1. The third kappa shape index (κ3) is 3.64. The van der Waals surface area contributed by atoms with Crippen molar-refractivity contribution in [2.24, 2.45) is 0 Å². The number of para-hydroxylation sites is 1. The van der Waals surface area contributed by atoms with Crippen LogP contribution in [0.5, 0.6) is 0 Å². The average molecular weight is 284 g/mol. The summed E-state index contributed by atoms with van der Waals surface area (Å²) in [6, 6.07) is 10.4. The van der Waals surface area contributed by atoms with Gasteiger partial charge in [-0.05, 0) is 58.0 Å². The summed E-state index contributed by atoms with van der Waals surface area (Å²) >= 11 is 0. The van der Waals surface area contributed by atoms with Crippen LogP contribution in [0.2, 0.25) is 0 Å². The second-order valence-electron chi connectivity index (χ2n) is 5.74. The molecular formula is C17H24N4. The Morgan fingerprint density at radius 3 is 2.67 bits per heavy atom. The molecule has 2 heterocycles. The first-order valence-corrected chi connectivity index (χ1v) is 7.90. The highest BCUT2D eigenvalue weighted by atomic mass is 15.2. The number of likely N-dealkylation sites (tertiary alicyclic amines) is 1. The zero-order valence-corrected chi connectivity index (χ0v) is 12.8. The first kappa shape index (κ1) is 14.1. The summed E-state index contributed by atoms with van der Waals surface area (Å²) in [6.07, 6.45) is 5.98. The highest BCUT2D eigenvalue weighted by Gasteiger charge is 2.11. The van der Waals surface area contributed by atoms with Gasteiger partial charge in [0.15, 0.2) is 0 Å². The largest absolute Gasteiger partial charge is 0.355 e. The molecule has 0 radical (unpaired) electrons. The molecule has 0 saturated carbocycles. The number of nitrogens with zero attached hydrogens (tertiary/aromatic N) is 3. The molecule has 1 aliphatic heterocycles. The van der Waals surface area contributed by atoms with Crippen molar-refractivity contribution in [3.63, 3.8) is 0 Å². The van der Waals surface area contributed by atoms with Gasteiger partial charge in [0.2, 0.25) is 5.95 Å². The Hall–Kier alpha value is -1.81. The molecule has 4 heteroatoms. The van der Waals surface area contributed by atoms with Crippen LogP contribution in [-0.2, 0) is 0 Å². The molecule has 112 valence electrons. The van der Waals surface area contributed by atoms with E-state index < -0.39 is 0 Å². The monoisotopic (exact) mass is 284 g/mol. The van der Waals surface area contributed by atoms with Gasteiger partial charge in [0, 0.05) is 18.4 Å². The fourth-order valence-corrected chi connectivity index (χ4v) is 2.92. The average Bonchev–Trinajstić information content (AvgIpc) is 3.14. The molecule has 0 bridgehead atoms. The lowest BCUT2D eigenvalue weighted by atomic mass is 10.3. The second-order valence-corrected chi connectivity index (χ2v) is 5.74. The topological polar surface area (TPSA) is 33.1 Å². The number of benzene rings is 1. The fraction of sp³-hybridized carbons (Fsp3) is 0.471. The number of aryl methyl sites for hydroxylation is 1. The molecule has 1 fully saturated rings. The van der Waals surface area contributed by atoms with Gasteiger partial charge >= 0.3 is 0 Å². The van der Waals surface area contributed by atoms with E-state index in [1.54, 1.807) is 0 Å². The van der Waals surface area contributed by atoms with Crippen molar-refractivity contribution in [3.05, 3.63) is 42.2 Å². The van der Waals surface area contributed by atoms with Crippen LogP contribution in [0.4, 0.5) is 5.95 Å². The number of hydrogen-bond donors (Lipinski definition) is 1. The predicted molar refractivity (Wildman–Crippen MR) is 87.1 cm³/mol. The quantitative estimate of drug-likeness (QED) is 0.828. The number of anilines is 1. The van der Waals surface area contributed by atoms with Gasteiger partial charge in [0.05, 0.1) is 5.69 Å². The molecule has 1 aromatic carbocycles. The predicted octanol–water partition coefficient (Wildman–Crippen LogP) is 3.08. The molecule has 4 nitrogen and oxygen atoms in total. The number of hydrogen-bond acceptors (Lipinski definition) is 3. The smallest absolute Gasteiger partial charge is 0.207 e. The van der Waals surface area contributed by atoms with E-state index in [-0.39, 0.29) is 0 Å². The van der Waals surface area contributed by atoms with E-state index in [4.69, 9.17) is 0 Å². The molecule has 0 aliphatic carbocycles. The highest BCUT2D eigenvalue weighted by molar-refractivity contribution is 5.42. The van der Waals surface area contributed by atoms with Crippen LogP contribution in [0, 0.1) is 6.92 Å². The van der Waals surface area contributed by atoms with E-state index in [0.29, 0.717) is 0 Å². The van der Waals surface area contributed by atoms with Gasteiger partial charge in [-0.3, -0.25) is 4.57 Å². The molecular weight excluding hydrogens is 260 g/mol. The zero-order chi connectivity index (χ0) is 14.5. The van der Waals surface area contributed by atoms with E-state index in [9.17, 15) is 0 Å². The molecule has 1 N–H and O–H groups in total. The first-order chi connectivity index (χ1) is 10.3. The van der Waals surface area contributed by atoms with Gasteiger partial charge in [-0.1, -0.05) is 18.2 Å². The number of aromatic nitrogens is 2. The maximum Gasteiger partial charge on any atom is 0.207 e. The molecule has 0 unspecified atom stereocenters. The summed E-state index contributed by atoms with van der Waals surface area (Å²) < 4.78 is 2.13. The lowest BCUT2D eigenvalue weighted by Gasteiger charge is -2.15. The van der Waals surface area contributed by atoms with Crippen LogP contribution in [0.1, 0.15) is 25.0 Å².